The molecular formula is C17H22N4O4S. The molecule has 0 atom stereocenters. The van der Waals surface area contributed by atoms with Gasteiger partial charge < -0.3 is 9.64 Å². The van der Waals surface area contributed by atoms with Crippen molar-refractivity contribution in [1.29, 1.82) is 0 Å². The number of nitrogens with zero attached hydrogens (tertiary/aromatic N) is 3. The maximum Gasteiger partial charge on any atom is 0.266 e. The second-order valence-electron chi connectivity index (χ2n) is 6.21. The predicted molar refractivity (Wildman–Crippen MR) is 98.0 cm³/mol. The fourth-order valence-electron chi connectivity index (χ4n) is 2.93. The summed E-state index contributed by atoms with van der Waals surface area (Å²) in [5.41, 5.74) is -0.157. The number of aromatic nitrogens is 2. The van der Waals surface area contributed by atoms with Crippen molar-refractivity contribution in [1.82, 2.24) is 14.5 Å². The summed E-state index contributed by atoms with van der Waals surface area (Å²) in [6, 6.07) is 9.37. The highest BCUT2D eigenvalue weighted by Crippen LogP contribution is 2.20. The Balaban J connectivity index is 1.62. The summed E-state index contributed by atoms with van der Waals surface area (Å²) in [6.07, 6.45) is 1.33. The molecular weight excluding hydrogens is 356 g/mol. The Morgan fingerprint density at radius 3 is 2.35 bits per heavy atom. The molecule has 1 saturated heterocycles. The summed E-state index contributed by atoms with van der Waals surface area (Å²) in [5.74, 6) is 1.34. The third-order valence-electron chi connectivity index (χ3n) is 4.46. The number of hydrogen-bond donors (Lipinski definition) is 1. The number of nitrogens with one attached hydrogen (secondary N) is 1. The Morgan fingerprint density at radius 1 is 1.12 bits per heavy atom. The van der Waals surface area contributed by atoms with Crippen molar-refractivity contribution >= 4 is 15.8 Å². The Morgan fingerprint density at radius 2 is 1.77 bits per heavy atom. The van der Waals surface area contributed by atoms with Crippen LogP contribution < -0.4 is 19.9 Å². The molecule has 0 radical (unpaired) electrons. The largest absolute Gasteiger partial charge is 0.497 e. The van der Waals surface area contributed by atoms with E-state index in [0.717, 1.165) is 5.82 Å². The van der Waals surface area contributed by atoms with Gasteiger partial charge in [0.15, 0.2) is 0 Å². The molecule has 1 aliphatic rings. The molecule has 0 saturated carbocycles. The van der Waals surface area contributed by atoms with Crippen LogP contribution in [0.1, 0.15) is 12.8 Å². The molecule has 0 aliphatic carbocycles. The van der Waals surface area contributed by atoms with Gasteiger partial charge in [-0.2, -0.15) is 5.10 Å². The van der Waals surface area contributed by atoms with Gasteiger partial charge in [0.05, 0.1) is 12.0 Å². The first-order chi connectivity index (χ1) is 12.4. The van der Waals surface area contributed by atoms with Crippen molar-refractivity contribution in [3.63, 3.8) is 0 Å². The molecule has 0 unspecified atom stereocenters. The topological polar surface area (TPSA) is 93.5 Å². The van der Waals surface area contributed by atoms with E-state index in [1.165, 1.54) is 30.0 Å². The lowest BCUT2D eigenvalue weighted by molar-refractivity contribution is 0.414. The van der Waals surface area contributed by atoms with Crippen LogP contribution in [0, 0.1) is 0 Å². The van der Waals surface area contributed by atoms with Crippen LogP contribution in [0.2, 0.25) is 0 Å². The minimum Gasteiger partial charge on any atom is -0.497 e. The molecule has 1 fully saturated rings. The summed E-state index contributed by atoms with van der Waals surface area (Å²) in [7, 11) is -0.415. The van der Waals surface area contributed by atoms with Crippen LogP contribution in [-0.4, -0.2) is 44.4 Å². The highest BCUT2D eigenvalue weighted by molar-refractivity contribution is 7.89. The minimum absolute atomic E-state index is 0.133. The number of ether oxygens (including phenoxy) is 1. The molecule has 8 nitrogen and oxygen atoms in total. The first kappa shape index (κ1) is 18.4. The number of rotatable bonds is 5. The van der Waals surface area contributed by atoms with Gasteiger partial charge >= 0.3 is 0 Å². The Labute approximate surface area is 152 Å². The van der Waals surface area contributed by atoms with E-state index in [1.807, 2.05) is 0 Å². The molecule has 0 spiro atoms. The molecule has 26 heavy (non-hydrogen) atoms. The lowest BCUT2D eigenvalue weighted by Crippen LogP contribution is -2.45. The number of sulfonamides is 1. The smallest absolute Gasteiger partial charge is 0.266 e. The quantitative estimate of drug-likeness (QED) is 0.825. The first-order valence-corrected chi connectivity index (χ1v) is 9.83. The number of anilines is 1. The second kappa shape index (κ2) is 7.46. The summed E-state index contributed by atoms with van der Waals surface area (Å²) >= 11 is 0. The molecule has 2 heterocycles. The maximum absolute atomic E-state index is 12.5. The van der Waals surface area contributed by atoms with Gasteiger partial charge in [0.1, 0.15) is 11.6 Å². The van der Waals surface area contributed by atoms with E-state index in [0.29, 0.717) is 31.7 Å². The van der Waals surface area contributed by atoms with Crippen molar-refractivity contribution in [2.45, 2.75) is 23.8 Å². The highest BCUT2D eigenvalue weighted by Gasteiger charge is 2.25. The number of benzene rings is 1. The zero-order chi connectivity index (χ0) is 18.7. The lowest BCUT2D eigenvalue weighted by atomic mass is 10.1. The molecule has 2 aromatic rings. The first-order valence-electron chi connectivity index (χ1n) is 8.35. The van der Waals surface area contributed by atoms with Crippen molar-refractivity contribution in [3.05, 3.63) is 46.8 Å². The van der Waals surface area contributed by atoms with E-state index in [1.54, 1.807) is 25.2 Å². The summed E-state index contributed by atoms with van der Waals surface area (Å²) < 4.78 is 34.2. The number of hydrogen-bond acceptors (Lipinski definition) is 6. The molecule has 1 aliphatic heterocycles. The fraction of sp³-hybridized carbons (Fsp3) is 0.412. The molecule has 140 valence electrons. The molecule has 1 aromatic carbocycles. The van der Waals surface area contributed by atoms with Crippen molar-refractivity contribution in [2.75, 3.05) is 25.1 Å². The van der Waals surface area contributed by atoms with Crippen LogP contribution in [-0.2, 0) is 17.1 Å². The number of methoxy groups -OCH3 is 1. The van der Waals surface area contributed by atoms with Gasteiger partial charge in [0.25, 0.3) is 5.56 Å². The van der Waals surface area contributed by atoms with Gasteiger partial charge in [-0.25, -0.2) is 17.8 Å². The molecule has 0 bridgehead atoms. The van der Waals surface area contributed by atoms with E-state index >= 15 is 0 Å². The Bertz CT molecular complexity index is 917. The van der Waals surface area contributed by atoms with Crippen LogP contribution in [0.15, 0.2) is 46.1 Å². The van der Waals surface area contributed by atoms with Crippen molar-refractivity contribution in [2.24, 2.45) is 7.05 Å². The number of piperidine rings is 1. The zero-order valence-electron chi connectivity index (χ0n) is 14.8. The maximum atomic E-state index is 12.5. The van der Waals surface area contributed by atoms with Gasteiger partial charge in [-0.1, -0.05) is 0 Å². The molecule has 9 heteroatoms. The summed E-state index contributed by atoms with van der Waals surface area (Å²) in [6.45, 7) is 1.34. The normalized spacial score (nSPS) is 15.8. The predicted octanol–water partition coefficient (Wildman–Crippen LogP) is 0.736. The Hall–Kier alpha value is -2.39. The van der Waals surface area contributed by atoms with Crippen LogP contribution in [0.25, 0.3) is 0 Å². The minimum atomic E-state index is -3.56. The van der Waals surface area contributed by atoms with Crippen molar-refractivity contribution < 1.29 is 13.2 Å². The van der Waals surface area contributed by atoms with Crippen LogP contribution >= 0.6 is 0 Å². The fourth-order valence-corrected chi connectivity index (χ4v) is 4.23. The van der Waals surface area contributed by atoms with E-state index in [-0.39, 0.29) is 16.5 Å². The average molecular weight is 378 g/mol. The highest BCUT2D eigenvalue weighted by atomic mass is 32.2. The van der Waals surface area contributed by atoms with E-state index in [2.05, 4.69) is 14.7 Å². The zero-order valence-corrected chi connectivity index (χ0v) is 15.6. The van der Waals surface area contributed by atoms with Gasteiger partial charge in [-0.15, -0.1) is 0 Å². The lowest BCUT2D eigenvalue weighted by Gasteiger charge is -2.32. The van der Waals surface area contributed by atoms with Crippen LogP contribution in [0.5, 0.6) is 5.75 Å². The second-order valence-corrected chi connectivity index (χ2v) is 7.93. The van der Waals surface area contributed by atoms with Crippen LogP contribution in [0.4, 0.5) is 5.82 Å². The third-order valence-corrected chi connectivity index (χ3v) is 5.99. The third kappa shape index (κ3) is 4.05. The van der Waals surface area contributed by atoms with E-state index < -0.39 is 10.0 Å². The number of aryl methyl sites for hydroxylation is 1. The SMILES string of the molecule is COc1ccc(S(=O)(=O)NC2CCN(c3ccc(=O)n(C)n3)CC2)cc1. The van der Waals surface area contributed by atoms with Gasteiger partial charge in [-0.3, -0.25) is 4.79 Å². The van der Waals surface area contributed by atoms with Gasteiger partial charge in [-0.05, 0) is 43.2 Å². The molecule has 0 amide bonds. The average Bonchev–Trinajstić information content (AvgIpc) is 2.64. The Kier molecular flexibility index (Phi) is 5.28. The standard InChI is InChI=1S/C17H22N4O4S/c1-20-17(22)8-7-16(18-20)21-11-9-13(10-12-21)19-26(23,24)15-5-3-14(25-2)4-6-15/h3-8,13,19H,9-12H2,1-2H3. The molecule has 1 aromatic heterocycles. The summed E-state index contributed by atoms with van der Waals surface area (Å²) in [5, 5.41) is 4.24. The van der Waals surface area contributed by atoms with Gasteiger partial charge in [0.2, 0.25) is 10.0 Å². The van der Waals surface area contributed by atoms with E-state index in [4.69, 9.17) is 4.74 Å². The van der Waals surface area contributed by atoms with E-state index in [9.17, 15) is 13.2 Å². The van der Waals surface area contributed by atoms with Crippen molar-refractivity contribution in [3.8, 4) is 5.75 Å². The summed E-state index contributed by atoms with van der Waals surface area (Å²) in [4.78, 5) is 13.7. The van der Waals surface area contributed by atoms with Gasteiger partial charge in [0, 0.05) is 32.2 Å². The molecule has 1 N–H and O–H groups in total. The molecule has 3 rings (SSSR count). The monoisotopic (exact) mass is 378 g/mol. The van der Waals surface area contributed by atoms with Crippen LogP contribution in [0.3, 0.4) is 0 Å².